The Bertz CT molecular complexity index is 591. The maximum atomic E-state index is 6.18. The molecule has 0 aliphatic heterocycles. The number of hydrogen-bond donors (Lipinski definition) is 1. The van der Waals surface area contributed by atoms with Crippen molar-refractivity contribution in [3.8, 4) is 0 Å². The van der Waals surface area contributed by atoms with Crippen LogP contribution in [0.25, 0.3) is 0 Å². The van der Waals surface area contributed by atoms with Crippen molar-refractivity contribution in [2.45, 2.75) is 39.3 Å². The SMILES string of the molecule is CC(C)c1ccc(C(C)NCc2cc(Cl)ccc2Cl)cc1. The number of benzene rings is 2. The summed E-state index contributed by atoms with van der Waals surface area (Å²) in [5.41, 5.74) is 3.66. The summed E-state index contributed by atoms with van der Waals surface area (Å²) in [6.45, 7) is 7.27. The van der Waals surface area contributed by atoms with E-state index in [9.17, 15) is 0 Å². The van der Waals surface area contributed by atoms with Crippen LogP contribution in [0.2, 0.25) is 10.0 Å². The van der Waals surface area contributed by atoms with E-state index in [0.717, 1.165) is 10.6 Å². The fourth-order valence-corrected chi connectivity index (χ4v) is 2.61. The van der Waals surface area contributed by atoms with Crippen LogP contribution < -0.4 is 5.32 Å². The van der Waals surface area contributed by atoms with Crippen LogP contribution in [-0.2, 0) is 6.54 Å². The molecule has 0 aliphatic carbocycles. The van der Waals surface area contributed by atoms with E-state index in [-0.39, 0.29) is 6.04 Å². The minimum Gasteiger partial charge on any atom is -0.306 e. The van der Waals surface area contributed by atoms with Crippen LogP contribution in [0.3, 0.4) is 0 Å². The standard InChI is InChI=1S/C18H21Cl2N/c1-12(2)14-4-6-15(7-5-14)13(3)21-11-16-10-17(19)8-9-18(16)20/h4-10,12-13,21H,11H2,1-3H3. The molecule has 2 rings (SSSR count). The Morgan fingerprint density at radius 3 is 2.14 bits per heavy atom. The quantitative estimate of drug-likeness (QED) is 0.715. The third-order valence-corrected chi connectivity index (χ3v) is 4.31. The second kappa shape index (κ2) is 7.31. The highest BCUT2D eigenvalue weighted by Crippen LogP contribution is 2.22. The summed E-state index contributed by atoms with van der Waals surface area (Å²) in [4.78, 5) is 0. The van der Waals surface area contributed by atoms with Gasteiger partial charge in [0.25, 0.3) is 0 Å². The Morgan fingerprint density at radius 2 is 1.52 bits per heavy atom. The van der Waals surface area contributed by atoms with Gasteiger partial charge in [0.15, 0.2) is 0 Å². The van der Waals surface area contributed by atoms with E-state index in [1.165, 1.54) is 11.1 Å². The predicted octanol–water partition coefficient (Wildman–Crippen LogP) is 5.97. The van der Waals surface area contributed by atoms with Crippen LogP contribution >= 0.6 is 23.2 Å². The van der Waals surface area contributed by atoms with Crippen molar-refractivity contribution in [3.63, 3.8) is 0 Å². The van der Waals surface area contributed by atoms with Gasteiger partial charge >= 0.3 is 0 Å². The van der Waals surface area contributed by atoms with Crippen molar-refractivity contribution in [2.24, 2.45) is 0 Å². The Labute approximate surface area is 137 Å². The first kappa shape index (κ1) is 16.4. The smallest absolute Gasteiger partial charge is 0.0451 e. The molecule has 0 fully saturated rings. The summed E-state index contributed by atoms with van der Waals surface area (Å²) in [5.74, 6) is 0.563. The lowest BCUT2D eigenvalue weighted by atomic mass is 9.99. The normalized spacial score (nSPS) is 12.7. The summed E-state index contributed by atoms with van der Waals surface area (Å²) in [6.07, 6.45) is 0. The highest BCUT2D eigenvalue weighted by molar-refractivity contribution is 6.33. The molecule has 0 radical (unpaired) electrons. The zero-order valence-corrected chi connectivity index (χ0v) is 14.2. The molecule has 1 atom stereocenters. The van der Waals surface area contributed by atoms with Gasteiger partial charge in [-0.2, -0.15) is 0 Å². The van der Waals surface area contributed by atoms with Gasteiger partial charge in [-0.3, -0.25) is 0 Å². The van der Waals surface area contributed by atoms with Crippen LogP contribution in [0, 0.1) is 0 Å². The molecule has 0 heterocycles. The van der Waals surface area contributed by atoms with Gasteiger partial charge < -0.3 is 5.32 Å². The molecule has 1 nitrogen and oxygen atoms in total. The number of halogens is 2. The molecule has 0 amide bonds. The van der Waals surface area contributed by atoms with Crippen LogP contribution in [0.5, 0.6) is 0 Å². The van der Waals surface area contributed by atoms with Crippen molar-refractivity contribution in [1.82, 2.24) is 5.32 Å². The summed E-state index contributed by atoms with van der Waals surface area (Å²) >= 11 is 12.2. The minimum atomic E-state index is 0.265. The van der Waals surface area contributed by atoms with Crippen molar-refractivity contribution in [3.05, 3.63) is 69.2 Å². The monoisotopic (exact) mass is 321 g/mol. The van der Waals surface area contributed by atoms with Gasteiger partial charge in [-0.25, -0.2) is 0 Å². The average molecular weight is 322 g/mol. The van der Waals surface area contributed by atoms with E-state index in [1.54, 1.807) is 0 Å². The maximum absolute atomic E-state index is 6.18. The van der Waals surface area contributed by atoms with E-state index in [4.69, 9.17) is 23.2 Å². The Balaban J connectivity index is 2.01. The molecular formula is C18H21Cl2N. The number of nitrogens with one attached hydrogen (secondary N) is 1. The van der Waals surface area contributed by atoms with Crippen LogP contribution in [0.15, 0.2) is 42.5 Å². The van der Waals surface area contributed by atoms with Crippen molar-refractivity contribution < 1.29 is 0 Å². The summed E-state index contributed by atoms with van der Waals surface area (Å²) < 4.78 is 0. The third kappa shape index (κ3) is 4.47. The molecule has 2 aromatic carbocycles. The first-order valence-corrected chi connectivity index (χ1v) is 8.00. The van der Waals surface area contributed by atoms with Gasteiger partial charge in [0, 0.05) is 22.6 Å². The fraction of sp³-hybridized carbons (Fsp3) is 0.333. The average Bonchev–Trinajstić information content (AvgIpc) is 2.48. The first-order chi connectivity index (χ1) is 9.97. The Morgan fingerprint density at radius 1 is 0.905 bits per heavy atom. The molecule has 3 heteroatoms. The van der Waals surface area contributed by atoms with Gasteiger partial charge in [-0.05, 0) is 47.7 Å². The minimum absolute atomic E-state index is 0.265. The molecule has 1 unspecified atom stereocenters. The topological polar surface area (TPSA) is 12.0 Å². The van der Waals surface area contributed by atoms with Gasteiger partial charge in [-0.15, -0.1) is 0 Å². The lowest BCUT2D eigenvalue weighted by molar-refractivity contribution is 0.574. The summed E-state index contributed by atoms with van der Waals surface area (Å²) in [6, 6.07) is 14.6. The van der Waals surface area contributed by atoms with Crippen LogP contribution in [-0.4, -0.2) is 0 Å². The lowest BCUT2D eigenvalue weighted by Crippen LogP contribution is -2.18. The van der Waals surface area contributed by atoms with Crippen LogP contribution in [0.4, 0.5) is 0 Å². The van der Waals surface area contributed by atoms with Crippen LogP contribution in [0.1, 0.15) is 49.4 Å². The zero-order valence-electron chi connectivity index (χ0n) is 12.7. The van der Waals surface area contributed by atoms with Gasteiger partial charge in [0.05, 0.1) is 0 Å². The lowest BCUT2D eigenvalue weighted by Gasteiger charge is -2.16. The van der Waals surface area contributed by atoms with Crippen molar-refractivity contribution >= 4 is 23.2 Å². The molecule has 1 N–H and O–H groups in total. The van der Waals surface area contributed by atoms with E-state index in [0.29, 0.717) is 17.5 Å². The predicted molar refractivity (Wildman–Crippen MR) is 92.2 cm³/mol. The maximum Gasteiger partial charge on any atom is 0.0451 e. The zero-order chi connectivity index (χ0) is 15.4. The Hall–Kier alpha value is -1.02. The van der Waals surface area contributed by atoms with E-state index >= 15 is 0 Å². The number of rotatable bonds is 5. The molecule has 0 aromatic heterocycles. The molecule has 21 heavy (non-hydrogen) atoms. The molecule has 0 saturated carbocycles. The first-order valence-electron chi connectivity index (χ1n) is 7.24. The molecular weight excluding hydrogens is 301 g/mol. The highest BCUT2D eigenvalue weighted by Gasteiger charge is 2.08. The third-order valence-electron chi connectivity index (χ3n) is 3.71. The fourth-order valence-electron chi connectivity index (χ4n) is 2.23. The molecule has 2 aromatic rings. The van der Waals surface area contributed by atoms with Gasteiger partial charge in [-0.1, -0.05) is 61.3 Å². The second-order valence-corrected chi connectivity index (χ2v) is 6.50. The van der Waals surface area contributed by atoms with E-state index < -0.39 is 0 Å². The second-order valence-electron chi connectivity index (χ2n) is 5.66. The molecule has 112 valence electrons. The molecule has 0 saturated heterocycles. The van der Waals surface area contributed by atoms with E-state index in [1.807, 2.05) is 18.2 Å². The molecule has 0 aliphatic rings. The van der Waals surface area contributed by atoms with E-state index in [2.05, 4.69) is 50.4 Å². The Kier molecular flexibility index (Phi) is 5.69. The van der Waals surface area contributed by atoms with Gasteiger partial charge in [0.1, 0.15) is 0 Å². The van der Waals surface area contributed by atoms with Crippen molar-refractivity contribution in [2.75, 3.05) is 0 Å². The molecule has 0 bridgehead atoms. The largest absolute Gasteiger partial charge is 0.306 e. The molecule has 0 spiro atoms. The van der Waals surface area contributed by atoms with Gasteiger partial charge in [0.2, 0.25) is 0 Å². The highest BCUT2D eigenvalue weighted by atomic mass is 35.5. The van der Waals surface area contributed by atoms with Crippen molar-refractivity contribution in [1.29, 1.82) is 0 Å². The summed E-state index contributed by atoms with van der Waals surface area (Å²) in [5, 5.41) is 4.95. The summed E-state index contributed by atoms with van der Waals surface area (Å²) in [7, 11) is 0. The number of hydrogen-bond acceptors (Lipinski definition) is 1.